The van der Waals surface area contributed by atoms with Crippen LogP contribution in [0.25, 0.3) is 0 Å². The van der Waals surface area contributed by atoms with Gasteiger partial charge in [0.15, 0.2) is 0 Å². The van der Waals surface area contributed by atoms with Gasteiger partial charge in [0.25, 0.3) is 0 Å². The molecule has 2 N–H and O–H groups in total. The molecule has 0 heterocycles. The normalized spacial score (nSPS) is 13.3. The lowest BCUT2D eigenvalue weighted by Crippen LogP contribution is -2.38. The molecule has 1 rings (SSSR count). The summed E-state index contributed by atoms with van der Waals surface area (Å²) in [7, 11) is 0. The largest absolute Gasteiger partial charge is 0.389 e. The third-order valence-corrected chi connectivity index (χ3v) is 3.97. The van der Waals surface area contributed by atoms with Crippen molar-refractivity contribution < 1.29 is 5.11 Å². The first-order chi connectivity index (χ1) is 9.28. The van der Waals surface area contributed by atoms with Crippen LogP contribution in [-0.2, 0) is 0 Å². The molecular weight excluding hydrogens is 316 g/mol. The summed E-state index contributed by atoms with van der Waals surface area (Å²) < 4.78 is 1.11. The Morgan fingerprint density at radius 3 is 2.45 bits per heavy atom. The maximum atomic E-state index is 10.00. The molecule has 1 aromatic rings. The number of anilines is 1. The van der Waals surface area contributed by atoms with Crippen LogP contribution in [0.15, 0.2) is 22.7 Å². The van der Waals surface area contributed by atoms with Gasteiger partial charge in [0, 0.05) is 29.3 Å². The van der Waals surface area contributed by atoms with Crippen LogP contribution < -0.4 is 10.2 Å². The molecular formula is C16H27BrN2O. The number of likely N-dealkylation sites (N-methyl/N-ethyl adjacent to an activating group) is 1. The number of nitrogens with zero attached hydrogens (tertiary/aromatic N) is 1. The van der Waals surface area contributed by atoms with Gasteiger partial charge in [-0.2, -0.15) is 0 Å². The van der Waals surface area contributed by atoms with E-state index in [9.17, 15) is 5.11 Å². The molecule has 0 aliphatic rings. The zero-order valence-corrected chi connectivity index (χ0v) is 14.8. The van der Waals surface area contributed by atoms with E-state index in [0.717, 1.165) is 23.2 Å². The second-order valence-electron chi connectivity index (χ2n) is 5.81. The quantitative estimate of drug-likeness (QED) is 0.792. The monoisotopic (exact) mass is 342 g/mol. The molecule has 0 bridgehead atoms. The highest BCUT2D eigenvalue weighted by Gasteiger charge is 2.18. The fourth-order valence-electron chi connectivity index (χ4n) is 2.33. The molecule has 1 unspecified atom stereocenters. The number of hydrogen-bond acceptors (Lipinski definition) is 3. The summed E-state index contributed by atoms with van der Waals surface area (Å²) >= 11 is 3.67. The number of nitrogens with one attached hydrogen (secondary N) is 1. The Labute approximate surface area is 131 Å². The van der Waals surface area contributed by atoms with E-state index in [1.165, 1.54) is 5.56 Å². The van der Waals surface area contributed by atoms with Crippen molar-refractivity contribution in [2.45, 2.75) is 46.3 Å². The van der Waals surface area contributed by atoms with Crippen LogP contribution in [0.3, 0.4) is 0 Å². The third kappa shape index (κ3) is 5.08. The number of aliphatic hydroxyl groups is 1. The molecule has 114 valence electrons. The summed E-state index contributed by atoms with van der Waals surface area (Å²) in [5, 5.41) is 13.4. The Bertz CT molecular complexity index is 429. The van der Waals surface area contributed by atoms with Crippen molar-refractivity contribution >= 4 is 21.6 Å². The van der Waals surface area contributed by atoms with Crippen molar-refractivity contribution in [3.05, 3.63) is 28.2 Å². The molecule has 3 nitrogen and oxygen atoms in total. The third-order valence-electron chi connectivity index (χ3n) is 3.29. The molecule has 0 aromatic heterocycles. The Morgan fingerprint density at radius 2 is 2.00 bits per heavy atom. The molecule has 20 heavy (non-hydrogen) atoms. The lowest BCUT2D eigenvalue weighted by molar-refractivity contribution is 0.0876. The first kappa shape index (κ1) is 17.5. The summed E-state index contributed by atoms with van der Waals surface area (Å²) in [5.74, 6) is 0. The van der Waals surface area contributed by atoms with Gasteiger partial charge in [-0.05, 0) is 51.9 Å². The highest BCUT2D eigenvalue weighted by molar-refractivity contribution is 9.10. The Balaban J connectivity index is 2.95. The minimum atomic E-state index is -0.696. The summed E-state index contributed by atoms with van der Waals surface area (Å²) in [6.45, 7) is 12.5. The fourth-order valence-corrected chi connectivity index (χ4v) is 3.04. The minimum absolute atomic E-state index is 0.327. The van der Waals surface area contributed by atoms with E-state index in [1.807, 2.05) is 13.8 Å². The van der Waals surface area contributed by atoms with E-state index >= 15 is 0 Å². The average molecular weight is 343 g/mol. The lowest BCUT2D eigenvalue weighted by atomic mass is 10.1. The summed E-state index contributed by atoms with van der Waals surface area (Å²) in [6, 6.07) is 6.74. The van der Waals surface area contributed by atoms with Crippen molar-refractivity contribution in [3.8, 4) is 0 Å². The SMILES string of the molecule is CCNC(C)c1ccc(N(CC)CC(C)(C)O)cc1Br. The predicted octanol–water partition coefficient (Wildman–Crippen LogP) is 3.72. The molecule has 1 aromatic carbocycles. The zero-order chi connectivity index (χ0) is 15.3. The van der Waals surface area contributed by atoms with Gasteiger partial charge in [-0.25, -0.2) is 0 Å². The summed E-state index contributed by atoms with van der Waals surface area (Å²) in [6.07, 6.45) is 0. The zero-order valence-electron chi connectivity index (χ0n) is 13.2. The Morgan fingerprint density at radius 1 is 1.35 bits per heavy atom. The van der Waals surface area contributed by atoms with Crippen molar-refractivity contribution in [1.82, 2.24) is 5.32 Å². The maximum Gasteiger partial charge on any atom is 0.0765 e. The predicted molar refractivity (Wildman–Crippen MR) is 90.4 cm³/mol. The van der Waals surface area contributed by atoms with Crippen LogP contribution in [0.1, 0.15) is 46.2 Å². The number of benzene rings is 1. The van der Waals surface area contributed by atoms with Crippen LogP contribution >= 0.6 is 15.9 Å². The summed E-state index contributed by atoms with van der Waals surface area (Å²) in [5.41, 5.74) is 1.70. The standard InChI is InChI=1S/C16H27BrN2O/c1-6-18-12(3)14-9-8-13(10-15(14)17)19(7-2)11-16(4,5)20/h8-10,12,18,20H,6-7,11H2,1-5H3. The van der Waals surface area contributed by atoms with E-state index in [1.54, 1.807) is 0 Å². The first-order valence-corrected chi connectivity index (χ1v) is 8.08. The van der Waals surface area contributed by atoms with Gasteiger partial charge in [0.05, 0.1) is 5.60 Å². The van der Waals surface area contributed by atoms with Crippen LogP contribution in [0, 0.1) is 0 Å². The number of halogens is 1. The van der Waals surface area contributed by atoms with E-state index in [0.29, 0.717) is 12.6 Å². The van der Waals surface area contributed by atoms with Crippen molar-refractivity contribution in [3.63, 3.8) is 0 Å². The van der Waals surface area contributed by atoms with Crippen molar-refractivity contribution in [1.29, 1.82) is 0 Å². The van der Waals surface area contributed by atoms with E-state index in [4.69, 9.17) is 0 Å². The second kappa shape index (κ2) is 7.43. The molecule has 1 atom stereocenters. The highest BCUT2D eigenvalue weighted by Crippen LogP contribution is 2.29. The van der Waals surface area contributed by atoms with Gasteiger partial charge >= 0.3 is 0 Å². The molecule has 0 amide bonds. The van der Waals surface area contributed by atoms with E-state index < -0.39 is 5.60 Å². The van der Waals surface area contributed by atoms with Crippen LogP contribution in [0.5, 0.6) is 0 Å². The van der Waals surface area contributed by atoms with Gasteiger partial charge in [0.1, 0.15) is 0 Å². The highest BCUT2D eigenvalue weighted by atomic mass is 79.9. The molecule has 0 aliphatic heterocycles. The average Bonchev–Trinajstić information content (AvgIpc) is 2.35. The van der Waals surface area contributed by atoms with Gasteiger partial charge in [-0.15, -0.1) is 0 Å². The molecule has 0 radical (unpaired) electrons. The summed E-state index contributed by atoms with van der Waals surface area (Å²) in [4.78, 5) is 2.19. The molecule has 0 saturated carbocycles. The second-order valence-corrected chi connectivity index (χ2v) is 6.67. The minimum Gasteiger partial charge on any atom is -0.389 e. The lowest BCUT2D eigenvalue weighted by Gasteiger charge is -2.30. The van der Waals surface area contributed by atoms with Crippen LogP contribution in [0.4, 0.5) is 5.69 Å². The van der Waals surface area contributed by atoms with Crippen LogP contribution in [-0.4, -0.2) is 30.3 Å². The molecule has 4 heteroatoms. The fraction of sp³-hybridized carbons (Fsp3) is 0.625. The van der Waals surface area contributed by atoms with Crippen molar-refractivity contribution in [2.75, 3.05) is 24.5 Å². The van der Waals surface area contributed by atoms with Gasteiger partial charge in [-0.1, -0.05) is 28.9 Å². The van der Waals surface area contributed by atoms with Gasteiger partial charge < -0.3 is 15.3 Å². The molecule has 0 aliphatic carbocycles. The van der Waals surface area contributed by atoms with Crippen LogP contribution in [0.2, 0.25) is 0 Å². The van der Waals surface area contributed by atoms with E-state index in [2.05, 4.69) is 65.1 Å². The maximum absolute atomic E-state index is 10.00. The number of hydrogen-bond donors (Lipinski definition) is 2. The molecule has 0 fully saturated rings. The van der Waals surface area contributed by atoms with Gasteiger partial charge in [-0.3, -0.25) is 0 Å². The molecule has 0 spiro atoms. The first-order valence-electron chi connectivity index (χ1n) is 7.28. The Hall–Kier alpha value is -0.580. The smallest absolute Gasteiger partial charge is 0.0765 e. The Kier molecular flexibility index (Phi) is 6.49. The number of rotatable bonds is 7. The molecule has 0 saturated heterocycles. The van der Waals surface area contributed by atoms with E-state index in [-0.39, 0.29) is 0 Å². The van der Waals surface area contributed by atoms with Gasteiger partial charge in [0.2, 0.25) is 0 Å². The van der Waals surface area contributed by atoms with Crippen molar-refractivity contribution in [2.24, 2.45) is 0 Å². The topological polar surface area (TPSA) is 35.5 Å².